The highest BCUT2D eigenvalue weighted by molar-refractivity contribution is 6.47. The Morgan fingerprint density at radius 3 is 2.66 bits per heavy atom. The molecule has 6 rings (SSSR count). The Labute approximate surface area is 186 Å². The van der Waals surface area contributed by atoms with E-state index in [4.69, 9.17) is 0 Å². The number of aromatic nitrogens is 2. The Hall–Kier alpha value is -2.84. The van der Waals surface area contributed by atoms with Gasteiger partial charge in [-0.25, -0.2) is 9.97 Å². The van der Waals surface area contributed by atoms with Gasteiger partial charge in [0.1, 0.15) is 24.0 Å². The number of nitrogens with zero attached hydrogens (tertiary/aromatic N) is 4. The van der Waals surface area contributed by atoms with Crippen molar-refractivity contribution in [1.82, 2.24) is 14.9 Å². The molecular weight excluding hydrogens is 406 g/mol. The first-order chi connectivity index (χ1) is 15.5. The molecule has 0 bridgehead atoms. The van der Waals surface area contributed by atoms with Gasteiger partial charge in [-0.2, -0.15) is 0 Å². The molecule has 2 aliphatic carbocycles. The van der Waals surface area contributed by atoms with Crippen molar-refractivity contribution in [1.29, 1.82) is 0 Å². The molecule has 1 aromatic heterocycles. The summed E-state index contributed by atoms with van der Waals surface area (Å²) in [5, 5.41) is 24.0. The quantitative estimate of drug-likeness (QED) is 0.675. The van der Waals surface area contributed by atoms with Crippen LogP contribution in [0, 0.1) is 17.8 Å². The van der Waals surface area contributed by atoms with Gasteiger partial charge in [0.25, 0.3) is 5.91 Å². The lowest BCUT2D eigenvalue weighted by molar-refractivity contribution is -0.125. The fourth-order valence-corrected chi connectivity index (χ4v) is 5.82. The minimum Gasteiger partial charge on any atom is -0.390 e. The summed E-state index contributed by atoms with van der Waals surface area (Å²) in [7, 11) is 0. The predicted molar refractivity (Wildman–Crippen MR) is 118 cm³/mol. The molecule has 2 aromatic rings. The lowest BCUT2D eigenvalue weighted by Gasteiger charge is -2.26. The molecule has 0 radical (unpaired) electrons. The molecule has 2 aliphatic heterocycles. The maximum absolute atomic E-state index is 13.7. The van der Waals surface area contributed by atoms with Crippen LogP contribution in [0.5, 0.6) is 0 Å². The van der Waals surface area contributed by atoms with E-state index >= 15 is 0 Å². The van der Waals surface area contributed by atoms with E-state index in [0.29, 0.717) is 36.1 Å². The van der Waals surface area contributed by atoms with Gasteiger partial charge in [0.05, 0.1) is 36.0 Å². The van der Waals surface area contributed by atoms with E-state index in [9.17, 15) is 15.0 Å². The number of hydrogen-bond donors (Lipinski definition) is 3. The molecular formula is C24H27N5O3. The Bertz CT molecular complexity index is 1090. The van der Waals surface area contributed by atoms with E-state index in [2.05, 4.69) is 39.3 Å². The third-order valence-corrected chi connectivity index (χ3v) is 7.52. The van der Waals surface area contributed by atoms with Crippen molar-refractivity contribution in [2.45, 2.75) is 50.6 Å². The van der Waals surface area contributed by atoms with Gasteiger partial charge in [-0.15, -0.1) is 0 Å². The highest BCUT2D eigenvalue weighted by atomic mass is 16.3. The van der Waals surface area contributed by atoms with Crippen LogP contribution in [0.3, 0.4) is 0 Å². The molecule has 0 unspecified atom stereocenters. The number of benzene rings is 1. The number of likely N-dealkylation sites (tertiary alicyclic amines) is 1. The molecule has 3 N–H and O–H groups in total. The van der Waals surface area contributed by atoms with Crippen LogP contribution in [0.15, 0.2) is 41.7 Å². The molecule has 1 amide bonds. The van der Waals surface area contributed by atoms with Crippen molar-refractivity contribution in [3.05, 3.63) is 53.5 Å². The largest absolute Gasteiger partial charge is 0.390 e. The number of amides is 1. The first kappa shape index (κ1) is 19.8. The molecule has 3 fully saturated rings. The van der Waals surface area contributed by atoms with Crippen molar-refractivity contribution in [2.24, 2.45) is 22.7 Å². The van der Waals surface area contributed by atoms with Gasteiger partial charge in [-0.3, -0.25) is 9.79 Å². The van der Waals surface area contributed by atoms with Crippen molar-refractivity contribution in [3.63, 3.8) is 0 Å². The first-order valence-corrected chi connectivity index (χ1v) is 11.4. The second-order valence-electron chi connectivity index (χ2n) is 9.65. The van der Waals surface area contributed by atoms with Gasteiger partial charge in [0.15, 0.2) is 0 Å². The maximum Gasteiger partial charge on any atom is 0.273 e. The number of aliphatic hydroxyl groups is 2. The summed E-state index contributed by atoms with van der Waals surface area (Å²) in [6.45, 7) is 3.19. The highest BCUT2D eigenvalue weighted by Crippen LogP contribution is 2.53. The normalized spacial score (nSPS) is 34.8. The van der Waals surface area contributed by atoms with Crippen LogP contribution in [0.2, 0.25) is 0 Å². The molecule has 8 heteroatoms. The number of carbonyl (C=O) groups excluding carboxylic acids is 1. The average Bonchev–Trinajstić information content (AvgIpc) is 3.20. The summed E-state index contributed by atoms with van der Waals surface area (Å²) in [4.78, 5) is 29.0. The van der Waals surface area contributed by atoms with E-state index < -0.39 is 12.2 Å². The zero-order chi connectivity index (χ0) is 22.0. The lowest BCUT2D eigenvalue weighted by atomic mass is 10.0. The van der Waals surface area contributed by atoms with E-state index in [0.717, 1.165) is 24.1 Å². The van der Waals surface area contributed by atoms with Gasteiger partial charge in [-0.1, -0.05) is 37.3 Å². The Balaban J connectivity index is 1.30. The Morgan fingerprint density at radius 2 is 1.91 bits per heavy atom. The van der Waals surface area contributed by atoms with Gasteiger partial charge in [0.2, 0.25) is 0 Å². The second kappa shape index (κ2) is 7.35. The van der Waals surface area contributed by atoms with Gasteiger partial charge in [0, 0.05) is 6.54 Å². The molecule has 1 aromatic carbocycles. The molecule has 3 heterocycles. The molecule has 8 nitrogen and oxygen atoms in total. The highest BCUT2D eigenvalue weighted by Gasteiger charge is 2.59. The standard InChI is InChI=1S/C24H27N5O3/c1-12-7-17(13-5-3-2-4-6-13)29(10-12)24(32)20-18-16(9-25-20)26-11-27-23(18)28-19-14-8-15(14)21(30)22(19)31/h2-6,11-12,14-15,17,19,21-22,30-31H,7-10H2,1H3,(H,26,27,28)/t12-,14-,15+,17+,19+,21+,22-/m0/s1. The van der Waals surface area contributed by atoms with E-state index in [1.54, 1.807) is 0 Å². The SMILES string of the molecule is C[C@H]1C[C@H](c2ccccc2)N(C(=O)C2=NCc3ncnc(N[C@H]4[C@H](O)[C@H](O)[C@@H]5C[C@@H]54)c32)C1. The van der Waals surface area contributed by atoms with Crippen LogP contribution in [0.1, 0.15) is 42.6 Å². The Morgan fingerprint density at radius 1 is 1.09 bits per heavy atom. The van der Waals surface area contributed by atoms with Crippen molar-refractivity contribution >= 4 is 17.4 Å². The third kappa shape index (κ3) is 3.04. The van der Waals surface area contributed by atoms with Gasteiger partial charge >= 0.3 is 0 Å². The second-order valence-corrected chi connectivity index (χ2v) is 9.65. The molecule has 4 aliphatic rings. The maximum atomic E-state index is 13.7. The molecule has 7 atom stereocenters. The average molecular weight is 434 g/mol. The minimum atomic E-state index is -0.844. The number of rotatable bonds is 4. The predicted octanol–water partition coefficient (Wildman–Crippen LogP) is 1.54. The monoisotopic (exact) mass is 433 g/mol. The van der Waals surface area contributed by atoms with Gasteiger partial charge in [-0.05, 0) is 36.2 Å². The Kier molecular flexibility index (Phi) is 4.55. The number of anilines is 1. The van der Waals surface area contributed by atoms with E-state index in [-0.39, 0.29) is 29.8 Å². The number of aliphatic hydroxyl groups excluding tert-OH is 2. The van der Waals surface area contributed by atoms with Crippen LogP contribution < -0.4 is 5.32 Å². The summed E-state index contributed by atoms with van der Waals surface area (Å²) < 4.78 is 0. The van der Waals surface area contributed by atoms with Crippen LogP contribution >= 0.6 is 0 Å². The summed E-state index contributed by atoms with van der Waals surface area (Å²) in [6, 6.07) is 9.88. The van der Waals surface area contributed by atoms with Crippen LogP contribution in [0.25, 0.3) is 0 Å². The molecule has 166 valence electrons. The zero-order valence-electron chi connectivity index (χ0n) is 17.9. The van der Waals surface area contributed by atoms with Crippen molar-refractivity contribution in [2.75, 3.05) is 11.9 Å². The van der Waals surface area contributed by atoms with Crippen molar-refractivity contribution < 1.29 is 15.0 Å². The first-order valence-electron chi connectivity index (χ1n) is 11.4. The van der Waals surface area contributed by atoms with E-state index in [1.807, 2.05) is 23.1 Å². The number of hydrogen-bond acceptors (Lipinski definition) is 7. The molecule has 1 saturated heterocycles. The fourth-order valence-electron chi connectivity index (χ4n) is 5.82. The number of fused-ring (bicyclic) bond motifs is 2. The lowest BCUT2D eigenvalue weighted by Crippen LogP contribution is -2.40. The number of aliphatic imine (C=N–C) groups is 1. The summed E-state index contributed by atoms with van der Waals surface area (Å²) in [6.07, 6.45) is 1.73. The minimum absolute atomic E-state index is 0.0190. The van der Waals surface area contributed by atoms with Crippen LogP contribution in [0.4, 0.5) is 5.82 Å². The summed E-state index contributed by atoms with van der Waals surface area (Å²) in [5.41, 5.74) is 2.87. The molecule has 0 spiro atoms. The third-order valence-electron chi connectivity index (χ3n) is 7.52. The topological polar surface area (TPSA) is 111 Å². The smallest absolute Gasteiger partial charge is 0.273 e. The molecule has 32 heavy (non-hydrogen) atoms. The number of nitrogens with one attached hydrogen (secondary N) is 1. The fraction of sp³-hybridized carbons (Fsp3) is 0.500. The van der Waals surface area contributed by atoms with Gasteiger partial charge < -0.3 is 20.4 Å². The zero-order valence-corrected chi connectivity index (χ0v) is 17.9. The summed E-state index contributed by atoms with van der Waals surface area (Å²) >= 11 is 0. The van der Waals surface area contributed by atoms with Crippen LogP contribution in [-0.4, -0.2) is 61.5 Å². The summed E-state index contributed by atoms with van der Waals surface area (Å²) in [5.74, 6) is 1.19. The number of carbonyl (C=O) groups is 1. The van der Waals surface area contributed by atoms with Crippen LogP contribution in [-0.2, 0) is 11.3 Å². The molecule has 2 saturated carbocycles. The van der Waals surface area contributed by atoms with Crippen molar-refractivity contribution in [3.8, 4) is 0 Å². The van der Waals surface area contributed by atoms with E-state index in [1.165, 1.54) is 6.33 Å².